The second kappa shape index (κ2) is 9.66. The fourth-order valence-corrected chi connectivity index (χ4v) is 5.23. The Hall–Kier alpha value is -4.09. The molecule has 0 aliphatic carbocycles. The van der Waals surface area contributed by atoms with Crippen molar-refractivity contribution < 1.29 is 4.74 Å². The lowest BCUT2D eigenvalue weighted by molar-refractivity contribution is 0.162. The average Bonchev–Trinajstić information content (AvgIpc) is 3.58. The molecule has 11 heteroatoms. The van der Waals surface area contributed by atoms with Crippen LogP contribution in [0, 0.1) is 0 Å². The van der Waals surface area contributed by atoms with E-state index in [0.717, 1.165) is 91.5 Å². The van der Waals surface area contributed by atoms with Gasteiger partial charge in [0.25, 0.3) is 0 Å². The molecule has 0 aromatic carbocycles. The fourth-order valence-electron chi connectivity index (χ4n) is 5.23. The van der Waals surface area contributed by atoms with Gasteiger partial charge in [0.05, 0.1) is 28.8 Å². The van der Waals surface area contributed by atoms with Gasteiger partial charge in [-0.25, -0.2) is 15.0 Å². The molecule has 0 saturated carbocycles. The molecule has 2 fully saturated rings. The number of fused-ring (bicyclic) bond motifs is 2. The van der Waals surface area contributed by atoms with Crippen molar-refractivity contribution in [1.29, 1.82) is 0 Å². The molecule has 7 rings (SSSR count). The summed E-state index contributed by atoms with van der Waals surface area (Å²) in [7, 11) is 2.16. The van der Waals surface area contributed by atoms with Gasteiger partial charge in [0.1, 0.15) is 22.9 Å². The first kappa shape index (κ1) is 23.1. The van der Waals surface area contributed by atoms with Crippen LogP contribution in [0.1, 0.15) is 12.8 Å². The Balaban J connectivity index is 1.19. The summed E-state index contributed by atoms with van der Waals surface area (Å²) in [5.74, 6) is 1.43. The highest BCUT2D eigenvalue weighted by atomic mass is 16.5. The van der Waals surface area contributed by atoms with Gasteiger partial charge in [0, 0.05) is 32.4 Å². The van der Waals surface area contributed by atoms with Gasteiger partial charge in [-0.15, -0.1) is 0 Å². The van der Waals surface area contributed by atoms with Gasteiger partial charge in [0.2, 0.25) is 0 Å². The number of piperidine rings is 1. The van der Waals surface area contributed by atoms with E-state index >= 15 is 0 Å². The van der Waals surface area contributed by atoms with Crippen molar-refractivity contribution in [2.45, 2.75) is 18.9 Å². The molecule has 0 atom stereocenters. The number of likely N-dealkylation sites (N-methyl/N-ethyl adjacent to an activating group) is 1. The summed E-state index contributed by atoms with van der Waals surface area (Å²) < 4.78 is 6.11. The van der Waals surface area contributed by atoms with Gasteiger partial charge in [-0.2, -0.15) is 5.10 Å². The molecule has 0 spiro atoms. The van der Waals surface area contributed by atoms with Crippen LogP contribution in [-0.4, -0.2) is 92.4 Å². The van der Waals surface area contributed by atoms with E-state index in [4.69, 9.17) is 14.7 Å². The predicted octanol–water partition coefficient (Wildman–Crippen LogP) is 2.84. The number of hydrogen-bond donors (Lipinski definition) is 3. The summed E-state index contributed by atoms with van der Waals surface area (Å²) in [4.78, 5) is 27.1. The van der Waals surface area contributed by atoms with E-state index in [-0.39, 0.29) is 6.10 Å². The van der Waals surface area contributed by atoms with Crippen LogP contribution in [0.4, 0.5) is 5.69 Å². The molecule has 194 valence electrons. The number of aromatic amines is 2. The van der Waals surface area contributed by atoms with Crippen molar-refractivity contribution in [2.75, 3.05) is 51.2 Å². The second-order valence-corrected chi connectivity index (χ2v) is 10.0. The summed E-state index contributed by atoms with van der Waals surface area (Å²) >= 11 is 0. The number of pyridine rings is 3. The molecule has 5 aromatic rings. The average molecular weight is 511 g/mol. The number of rotatable bonds is 5. The standard InChI is InChI=1S/C27H30N10O/c1-36-12-14-37(15-13-36)22-8-11-29-26-24(22)32-27(33-26)25-23-21(34-35-25)5-4-20(31-23)19-3-2-18(16-30-19)38-17-6-9-28-10-7-17/h2-5,8,11,16-17,28H,6-7,9-10,12-15H2,1H3,(H,34,35)(H,29,32,33). The van der Waals surface area contributed by atoms with E-state index in [0.29, 0.717) is 17.2 Å². The smallest absolute Gasteiger partial charge is 0.180 e. The summed E-state index contributed by atoms with van der Waals surface area (Å²) in [6.45, 7) is 5.97. The highest BCUT2D eigenvalue weighted by Crippen LogP contribution is 2.30. The molecule has 7 heterocycles. The Bertz CT molecular complexity index is 1560. The van der Waals surface area contributed by atoms with Crippen molar-refractivity contribution in [2.24, 2.45) is 0 Å². The molecule has 2 aliphatic rings. The monoisotopic (exact) mass is 510 g/mol. The Morgan fingerprint density at radius 1 is 0.921 bits per heavy atom. The molecule has 5 aromatic heterocycles. The second-order valence-electron chi connectivity index (χ2n) is 10.0. The zero-order chi connectivity index (χ0) is 25.5. The quantitative estimate of drug-likeness (QED) is 0.327. The highest BCUT2D eigenvalue weighted by Gasteiger charge is 2.21. The fraction of sp³-hybridized carbons (Fsp3) is 0.370. The van der Waals surface area contributed by atoms with Gasteiger partial charge in [-0.05, 0) is 63.3 Å². The maximum Gasteiger partial charge on any atom is 0.180 e. The summed E-state index contributed by atoms with van der Waals surface area (Å²) in [5.41, 5.74) is 6.49. The van der Waals surface area contributed by atoms with Crippen LogP contribution in [0.5, 0.6) is 5.75 Å². The van der Waals surface area contributed by atoms with Crippen LogP contribution in [0.3, 0.4) is 0 Å². The minimum absolute atomic E-state index is 0.238. The van der Waals surface area contributed by atoms with Gasteiger partial charge < -0.3 is 24.8 Å². The molecule has 2 aliphatic heterocycles. The Kier molecular flexibility index (Phi) is 5.86. The molecule has 3 N–H and O–H groups in total. The van der Waals surface area contributed by atoms with Crippen LogP contribution < -0.4 is 15.0 Å². The zero-order valence-electron chi connectivity index (χ0n) is 21.3. The number of hydrogen-bond acceptors (Lipinski definition) is 9. The van der Waals surface area contributed by atoms with Crippen LogP contribution in [-0.2, 0) is 0 Å². The van der Waals surface area contributed by atoms with E-state index in [1.165, 1.54) is 0 Å². The minimum atomic E-state index is 0.238. The van der Waals surface area contributed by atoms with Crippen molar-refractivity contribution in [3.05, 3.63) is 42.7 Å². The van der Waals surface area contributed by atoms with E-state index in [1.807, 2.05) is 30.5 Å². The third-order valence-electron chi connectivity index (χ3n) is 7.43. The summed E-state index contributed by atoms with van der Waals surface area (Å²) in [6, 6.07) is 9.91. The number of H-pyrrole nitrogens is 2. The van der Waals surface area contributed by atoms with Gasteiger partial charge in [0.15, 0.2) is 17.2 Å². The first-order valence-electron chi connectivity index (χ1n) is 13.2. The molecule has 38 heavy (non-hydrogen) atoms. The summed E-state index contributed by atoms with van der Waals surface area (Å²) in [6.07, 6.45) is 5.87. The van der Waals surface area contributed by atoms with Crippen LogP contribution >= 0.6 is 0 Å². The first-order valence-corrected chi connectivity index (χ1v) is 13.2. The highest BCUT2D eigenvalue weighted by molar-refractivity contribution is 5.93. The lowest BCUT2D eigenvalue weighted by atomic mass is 10.1. The van der Waals surface area contributed by atoms with Gasteiger partial charge in [-0.1, -0.05) is 0 Å². The number of ether oxygens (including phenoxy) is 1. The van der Waals surface area contributed by atoms with E-state index in [2.05, 4.69) is 53.4 Å². The van der Waals surface area contributed by atoms with Crippen LogP contribution in [0.25, 0.3) is 45.1 Å². The van der Waals surface area contributed by atoms with Crippen molar-refractivity contribution >= 4 is 27.9 Å². The number of piperazine rings is 1. The van der Waals surface area contributed by atoms with Crippen molar-refractivity contribution in [3.63, 3.8) is 0 Å². The molecular weight excluding hydrogens is 480 g/mol. The van der Waals surface area contributed by atoms with E-state index in [9.17, 15) is 0 Å². The number of anilines is 1. The largest absolute Gasteiger partial charge is 0.489 e. The molecular formula is C27H30N10O. The summed E-state index contributed by atoms with van der Waals surface area (Å²) in [5, 5.41) is 11.0. The molecule has 2 saturated heterocycles. The maximum absolute atomic E-state index is 6.11. The predicted molar refractivity (Wildman–Crippen MR) is 146 cm³/mol. The Morgan fingerprint density at radius 3 is 2.58 bits per heavy atom. The van der Waals surface area contributed by atoms with Crippen LogP contribution in [0.2, 0.25) is 0 Å². The third kappa shape index (κ3) is 4.33. The van der Waals surface area contributed by atoms with E-state index < -0.39 is 0 Å². The lowest BCUT2D eigenvalue weighted by Crippen LogP contribution is -2.44. The van der Waals surface area contributed by atoms with Gasteiger partial charge in [-0.3, -0.25) is 10.1 Å². The first-order chi connectivity index (χ1) is 18.7. The third-order valence-corrected chi connectivity index (χ3v) is 7.43. The normalized spacial score (nSPS) is 17.4. The zero-order valence-corrected chi connectivity index (χ0v) is 21.3. The Morgan fingerprint density at radius 2 is 1.76 bits per heavy atom. The number of nitrogens with one attached hydrogen (secondary N) is 3. The van der Waals surface area contributed by atoms with E-state index in [1.54, 1.807) is 6.20 Å². The Labute approximate surface area is 219 Å². The lowest BCUT2D eigenvalue weighted by Gasteiger charge is -2.34. The molecule has 0 bridgehead atoms. The van der Waals surface area contributed by atoms with Crippen LogP contribution in [0.15, 0.2) is 42.7 Å². The molecule has 0 radical (unpaired) electrons. The topological polar surface area (TPSA) is 124 Å². The minimum Gasteiger partial charge on any atom is -0.489 e. The number of nitrogens with zero attached hydrogens (tertiary/aromatic N) is 7. The van der Waals surface area contributed by atoms with Gasteiger partial charge >= 0.3 is 0 Å². The molecule has 0 unspecified atom stereocenters. The number of aromatic nitrogens is 7. The maximum atomic E-state index is 6.11. The van der Waals surface area contributed by atoms with Crippen molar-refractivity contribution in [3.8, 4) is 28.7 Å². The molecule has 0 amide bonds. The van der Waals surface area contributed by atoms with Crippen molar-refractivity contribution in [1.82, 2.24) is 45.3 Å². The number of imidazole rings is 1. The SMILES string of the molecule is CN1CCN(c2ccnc3nc(-c4n[nH]c5ccc(-c6ccc(OC7CCNCC7)cn6)nc45)[nH]c23)CC1. The molecule has 11 nitrogen and oxygen atoms in total.